The number of rotatable bonds is 8. The van der Waals surface area contributed by atoms with Crippen LogP contribution in [0.25, 0.3) is 0 Å². The van der Waals surface area contributed by atoms with Crippen LogP contribution in [0.5, 0.6) is 0 Å². The summed E-state index contributed by atoms with van der Waals surface area (Å²) in [5.74, 6) is 0.811. The SMILES string of the molecule is Cc1ccc(CN(Cc2ccc(F)cc2)C(=O)CN(CC2CCCO2)C(=O)C(C)(C)C)o1. The van der Waals surface area contributed by atoms with E-state index < -0.39 is 5.41 Å². The Balaban J connectivity index is 1.79. The van der Waals surface area contributed by atoms with Crippen molar-refractivity contribution in [2.45, 2.75) is 59.7 Å². The van der Waals surface area contributed by atoms with E-state index in [1.54, 1.807) is 21.9 Å². The number of hydrogen-bond acceptors (Lipinski definition) is 4. The fourth-order valence-electron chi connectivity index (χ4n) is 3.79. The second-order valence-corrected chi connectivity index (χ2v) is 9.46. The molecular weight excluding hydrogens is 411 g/mol. The number of furan rings is 1. The number of carbonyl (C=O) groups is 2. The molecular formula is C25H33FN2O4. The van der Waals surface area contributed by atoms with Crippen molar-refractivity contribution >= 4 is 11.8 Å². The lowest BCUT2D eigenvalue weighted by Crippen LogP contribution is -2.48. The molecule has 1 fully saturated rings. The van der Waals surface area contributed by atoms with Gasteiger partial charge in [0.05, 0.1) is 19.2 Å². The maximum absolute atomic E-state index is 13.4. The van der Waals surface area contributed by atoms with Gasteiger partial charge in [-0.2, -0.15) is 0 Å². The Kier molecular flexibility index (Phi) is 7.72. The molecule has 0 N–H and O–H groups in total. The Morgan fingerprint density at radius 2 is 1.78 bits per heavy atom. The Bertz CT molecular complexity index is 911. The van der Waals surface area contributed by atoms with Gasteiger partial charge in [-0.05, 0) is 49.6 Å². The van der Waals surface area contributed by atoms with E-state index in [9.17, 15) is 14.0 Å². The van der Waals surface area contributed by atoms with E-state index in [4.69, 9.17) is 9.15 Å². The lowest BCUT2D eigenvalue weighted by atomic mass is 9.94. The van der Waals surface area contributed by atoms with Crippen molar-refractivity contribution in [2.24, 2.45) is 5.41 Å². The van der Waals surface area contributed by atoms with Gasteiger partial charge < -0.3 is 19.0 Å². The molecule has 1 unspecified atom stereocenters. The zero-order chi connectivity index (χ0) is 23.3. The van der Waals surface area contributed by atoms with Crippen molar-refractivity contribution in [3.05, 3.63) is 59.3 Å². The number of amides is 2. The van der Waals surface area contributed by atoms with Gasteiger partial charge in [-0.1, -0.05) is 32.9 Å². The molecule has 0 saturated carbocycles. The number of aryl methyl sites for hydroxylation is 1. The quantitative estimate of drug-likeness (QED) is 0.609. The van der Waals surface area contributed by atoms with Crippen LogP contribution in [0.4, 0.5) is 4.39 Å². The third-order valence-corrected chi connectivity index (χ3v) is 5.49. The summed E-state index contributed by atoms with van der Waals surface area (Å²) in [6, 6.07) is 9.76. The fourth-order valence-corrected chi connectivity index (χ4v) is 3.79. The van der Waals surface area contributed by atoms with Crippen LogP contribution in [0, 0.1) is 18.2 Å². The average Bonchev–Trinajstić information content (AvgIpc) is 3.39. The summed E-state index contributed by atoms with van der Waals surface area (Å²) in [4.78, 5) is 29.8. The largest absolute Gasteiger partial charge is 0.464 e. The topological polar surface area (TPSA) is 63.0 Å². The van der Waals surface area contributed by atoms with Gasteiger partial charge in [0, 0.05) is 25.1 Å². The van der Waals surface area contributed by atoms with E-state index in [0.29, 0.717) is 18.9 Å². The van der Waals surface area contributed by atoms with Gasteiger partial charge in [0.25, 0.3) is 0 Å². The van der Waals surface area contributed by atoms with Crippen LogP contribution < -0.4 is 0 Å². The first-order chi connectivity index (χ1) is 15.1. The molecule has 2 aromatic rings. The smallest absolute Gasteiger partial charge is 0.242 e. The van der Waals surface area contributed by atoms with Gasteiger partial charge in [-0.3, -0.25) is 9.59 Å². The molecule has 1 saturated heterocycles. The van der Waals surface area contributed by atoms with Crippen molar-refractivity contribution in [1.29, 1.82) is 0 Å². The summed E-state index contributed by atoms with van der Waals surface area (Å²) in [6.45, 7) is 8.99. The molecule has 1 aromatic carbocycles. The molecule has 2 heterocycles. The monoisotopic (exact) mass is 444 g/mol. The minimum atomic E-state index is -0.612. The first-order valence-electron chi connectivity index (χ1n) is 11.1. The molecule has 3 rings (SSSR count). The second kappa shape index (κ2) is 10.3. The first-order valence-corrected chi connectivity index (χ1v) is 11.1. The van der Waals surface area contributed by atoms with Crippen LogP contribution in [0.3, 0.4) is 0 Å². The molecule has 6 nitrogen and oxygen atoms in total. The molecule has 32 heavy (non-hydrogen) atoms. The van der Waals surface area contributed by atoms with Crippen molar-refractivity contribution in [1.82, 2.24) is 9.80 Å². The number of benzene rings is 1. The van der Waals surface area contributed by atoms with Crippen LogP contribution in [-0.2, 0) is 27.4 Å². The lowest BCUT2D eigenvalue weighted by molar-refractivity contribution is -0.147. The Labute approximate surface area is 189 Å². The summed E-state index contributed by atoms with van der Waals surface area (Å²) in [7, 11) is 0. The summed E-state index contributed by atoms with van der Waals surface area (Å²) in [5, 5.41) is 0. The molecule has 1 aliphatic heterocycles. The molecule has 1 aliphatic rings. The molecule has 174 valence electrons. The van der Waals surface area contributed by atoms with Gasteiger partial charge in [0.2, 0.25) is 11.8 Å². The minimum absolute atomic E-state index is 0.0448. The highest BCUT2D eigenvalue weighted by Gasteiger charge is 2.32. The van der Waals surface area contributed by atoms with Crippen LogP contribution >= 0.6 is 0 Å². The first kappa shape index (κ1) is 24.0. The van der Waals surface area contributed by atoms with E-state index in [2.05, 4.69) is 0 Å². The van der Waals surface area contributed by atoms with Gasteiger partial charge in [0.1, 0.15) is 17.3 Å². The van der Waals surface area contributed by atoms with Crippen molar-refractivity contribution < 1.29 is 23.1 Å². The Hall–Kier alpha value is -2.67. The van der Waals surface area contributed by atoms with E-state index >= 15 is 0 Å². The van der Waals surface area contributed by atoms with Crippen molar-refractivity contribution in [3.63, 3.8) is 0 Å². The van der Waals surface area contributed by atoms with E-state index in [1.165, 1.54) is 12.1 Å². The van der Waals surface area contributed by atoms with E-state index in [0.717, 1.165) is 24.2 Å². The van der Waals surface area contributed by atoms with Crippen LogP contribution in [0.2, 0.25) is 0 Å². The Morgan fingerprint density at radius 1 is 1.06 bits per heavy atom. The zero-order valence-corrected chi connectivity index (χ0v) is 19.4. The molecule has 0 bridgehead atoms. The van der Waals surface area contributed by atoms with Crippen molar-refractivity contribution in [2.75, 3.05) is 19.7 Å². The standard InChI is InChI=1S/C25H33FN2O4/c1-18-7-12-22(32-18)16-27(14-19-8-10-20(26)11-9-19)23(29)17-28(24(30)25(2,3)4)15-21-6-5-13-31-21/h7-12,21H,5-6,13-17H2,1-4H3. The van der Waals surface area contributed by atoms with E-state index in [1.807, 2.05) is 39.8 Å². The molecule has 1 atom stereocenters. The maximum atomic E-state index is 13.4. The summed E-state index contributed by atoms with van der Waals surface area (Å²) < 4.78 is 24.8. The zero-order valence-electron chi connectivity index (χ0n) is 19.4. The predicted molar refractivity (Wildman–Crippen MR) is 119 cm³/mol. The number of nitrogens with zero attached hydrogens (tertiary/aromatic N) is 2. The summed E-state index contributed by atoms with van der Waals surface area (Å²) in [6.07, 6.45) is 1.80. The highest BCUT2D eigenvalue weighted by atomic mass is 19.1. The molecule has 1 aromatic heterocycles. The minimum Gasteiger partial charge on any atom is -0.464 e. The molecule has 7 heteroatoms. The molecule has 0 aliphatic carbocycles. The number of hydrogen-bond donors (Lipinski definition) is 0. The third-order valence-electron chi connectivity index (χ3n) is 5.49. The van der Waals surface area contributed by atoms with E-state index in [-0.39, 0.29) is 43.4 Å². The normalized spacial score (nSPS) is 16.2. The number of carbonyl (C=O) groups excluding carboxylic acids is 2. The lowest BCUT2D eigenvalue weighted by Gasteiger charge is -2.32. The highest BCUT2D eigenvalue weighted by molar-refractivity contribution is 5.87. The predicted octanol–water partition coefficient (Wildman–Crippen LogP) is 4.31. The van der Waals surface area contributed by atoms with Gasteiger partial charge in [0.15, 0.2) is 0 Å². The third kappa shape index (κ3) is 6.66. The van der Waals surface area contributed by atoms with Gasteiger partial charge in [-0.25, -0.2) is 4.39 Å². The molecule has 0 spiro atoms. The van der Waals surface area contributed by atoms with Crippen molar-refractivity contribution in [3.8, 4) is 0 Å². The summed E-state index contributed by atoms with van der Waals surface area (Å²) >= 11 is 0. The van der Waals surface area contributed by atoms with Crippen LogP contribution in [0.1, 0.15) is 50.7 Å². The second-order valence-electron chi connectivity index (χ2n) is 9.46. The van der Waals surface area contributed by atoms with Gasteiger partial charge >= 0.3 is 0 Å². The van der Waals surface area contributed by atoms with Crippen LogP contribution in [-0.4, -0.2) is 47.4 Å². The molecule has 2 amide bonds. The summed E-state index contributed by atoms with van der Waals surface area (Å²) in [5.41, 5.74) is 0.189. The van der Waals surface area contributed by atoms with Crippen LogP contribution in [0.15, 0.2) is 40.8 Å². The maximum Gasteiger partial charge on any atom is 0.242 e. The highest BCUT2D eigenvalue weighted by Crippen LogP contribution is 2.21. The average molecular weight is 445 g/mol. The fraction of sp³-hybridized carbons (Fsp3) is 0.520. The Morgan fingerprint density at radius 3 is 2.34 bits per heavy atom. The molecule has 0 radical (unpaired) electrons. The van der Waals surface area contributed by atoms with Gasteiger partial charge in [-0.15, -0.1) is 0 Å². The number of ether oxygens (including phenoxy) is 1. The number of halogens is 1.